The van der Waals surface area contributed by atoms with E-state index < -0.39 is 6.09 Å². The summed E-state index contributed by atoms with van der Waals surface area (Å²) in [6.07, 6.45) is 16.6. The molecular formula is C30H41NO4. The van der Waals surface area contributed by atoms with Gasteiger partial charge in [0.15, 0.2) is 0 Å². The molecule has 0 radical (unpaired) electrons. The number of allylic oxidation sites excluding steroid dienone is 2. The molecule has 1 aromatic heterocycles. The highest BCUT2D eigenvalue weighted by Gasteiger charge is 2.58. The zero-order chi connectivity index (χ0) is 24.4. The highest BCUT2D eigenvalue weighted by Crippen LogP contribution is 2.67. The van der Waals surface area contributed by atoms with Crippen LogP contribution in [0.4, 0.5) is 4.79 Å². The number of carbonyl (C=O) groups is 1. The first kappa shape index (κ1) is 23.4. The molecular weight excluding hydrogens is 438 g/mol. The Morgan fingerprint density at radius 2 is 1.94 bits per heavy atom. The number of likely N-dealkylation sites (tertiary alicyclic amines) is 1. The number of hydrogen-bond donors (Lipinski definition) is 1. The van der Waals surface area contributed by atoms with Crippen molar-refractivity contribution in [3.8, 4) is 0 Å². The van der Waals surface area contributed by atoms with Crippen LogP contribution in [0.3, 0.4) is 0 Å². The fourth-order valence-electron chi connectivity index (χ4n) is 9.73. The Kier molecular flexibility index (Phi) is 5.69. The average Bonchev–Trinajstić information content (AvgIpc) is 3.21. The minimum atomic E-state index is -0.710. The number of amides is 1. The van der Waals surface area contributed by atoms with Crippen molar-refractivity contribution >= 4 is 6.09 Å². The molecule has 4 fully saturated rings. The highest BCUT2D eigenvalue weighted by molar-refractivity contribution is 5.65. The van der Waals surface area contributed by atoms with Crippen LogP contribution in [0.25, 0.3) is 0 Å². The molecule has 1 amide bonds. The maximum atomic E-state index is 11.9. The van der Waals surface area contributed by atoms with Crippen LogP contribution < -0.4 is 5.63 Å². The summed E-state index contributed by atoms with van der Waals surface area (Å²) in [5.74, 6) is 3.11. The lowest BCUT2D eigenvalue weighted by atomic mass is 9.45. The Balaban J connectivity index is 1.20. The minimum absolute atomic E-state index is 0.172. The number of carboxylic acid groups (broad SMARTS) is 1. The highest BCUT2D eigenvalue weighted by atomic mass is 16.4. The Hall–Kier alpha value is -2.04. The SMILES string of the molecule is C[C@]12CC[C@H](C3CCCCN3C(=O)O)C[C@H]1CC[C@H]1C3=CC[C@H](c4ccc(=O)oc4)[C@@]3(C)CC[C@@H]12. The van der Waals surface area contributed by atoms with Crippen LogP contribution >= 0.6 is 0 Å². The van der Waals surface area contributed by atoms with Gasteiger partial charge in [-0.05, 0) is 123 Å². The van der Waals surface area contributed by atoms with E-state index in [9.17, 15) is 14.7 Å². The third-order valence-corrected chi connectivity index (χ3v) is 11.6. The summed E-state index contributed by atoms with van der Waals surface area (Å²) in [7, 11) is 0. The van der Waals surface area contributed by atoms with Crippen LogP contribution in [-0.2, 0) is 0 Å². The van der Waals surface area contributed by atoms with Crippen molar-refractivity contribution < 1.29 is 14.3 Å². The summed E-state index contributed by atoms with van der Waals surface area (Å²) >= 11 is 0. The molecule has 8 atom stereocenters. The maximum Gasteiger partial charge on any atom is 0.407 e. The van der Waals surface area contributed by atoms with Gasteiger partial charge >= 0.3 is 11.7 Å². The summed E-state index contributed by atoms with van der Waals surface area (Å²) in [6, 6.07) is 3.79. The first-order valence-corrected chi connectivity index (χ1v) is 14.1. The van der Waals surface area contributed by atoms with E-state index in [1.165, 1.54) is 56.9 Å². The van der Waals surface area contributed by atoms with Gasteiger partial charge in [0.2, 0.25) is 0 Å². The van der Waals surface area contributed by atoms with Gasteiger partial charge in [0, 0.05) is 18.7 Å². The van der Waals surface area contributed by atoms with E-state index in [0.29, 0.717) is 23.2 Å². The Morgan fingerprint density at radius 3 is 2.71 bits per heavy atom. The molecule has 4 aliphatic carbocycles. The standard InChI is InChI=1S/C30H41NO4/c1-29-14-12-19(26-5-3-4-16-31(26)28(33)34)17-21(29)7-8-22-24-10-9-23(20-6-11-27(32)35-18-20)30(24,2)15-13-25(22)29/h6,10-11,18-19,21-23,25-26H,3-5,7-9,12-17H2,1-2H3,(H,33,34)/t19-,21+,22-,23+,25-,26?,29-,30+/m0/s1. The monoisotopic (exact) mass is 479 g/mol. The first-order valence-electron chi connectivity index (χ1n) is 14.1. The van der Waals surface area contributed by atoms with Gasteiger partial charge in [-0.25, -0.2) is 9.59 Å². The van der Waals surface area contributed by atoms with Gasteiger partial charge in [0.25, 0.3) is 0 Å². The molecule has 1 unspecified atom stereocenters. The molecule has 5 aliphatic rings. The van der Waals surface area contributed by atoms with Crippen LogP contribution in [0.1, 0.15) is 96.0 Å². The first-order chi connectivity index (χ1) is 16.8. The second kappa shape index (κ2) is 8.52. The molecule has 0 bridgehead atoms. The second-order valence-electron chi connectivity index (χ2n) is 12.9. The quantitative estimate of drug-likeness (QED) is 0.472. The van der Waals surface area contributed by atoms with E-state index in [2.05, 4.69) is 19.9 Å². The third kappa shape index (κ3) is 3.62. The van der Waals surface area contributed by atoms with Crippen molar-refractivity contribution in [2.75, 3.05) is 6.54 Å². The molecule has 1 saturated heterocycles. The lowest BCUT2D eigenvalue weighted by Gasteiger charge is -2.60. The van der Waals surface area contributed by atoms with Crippen LogP contribution in [-0.4, -0.2) is 28.7 Å². The number of fused-ring (bicyclic) bond motifs is 5. The van der Waals surface area contributed by atoms with E-state index in [0.717, 1.165) is 37.6 Å². The van der Waals surface area contributed by atoms with Gasteiger partial charge in [-0.2, -0.15) is 0 Å². The second-order valence-corrected chi connectivity index (χ2v) is 12.9. The lowest BCUT2D eigenvalue weighted by Crippen LogP contribution is -2.54. The number of piperidine rings is 1. The van der Waals surface area contributed by atoms with Gasteiger partial charge in [-0.3, -0.25) is 0 Å². The molecule has 1 N–H and O–H groups in total. The zero-order valence-corrected chi connectivity index (χ0v) is 21.4. The predicted octanol–water partition coefficient (Wildman–Crippen LogP) is 6.83. The van der Waals surface area contributed by atoms with E-state index in [1.807, 2.05) is 6.07 Å². The summed E-state index contributed by atoms with van der Waals surface area (Å²) < 4.78 is 5.25. The number of nitrogens with zero attached hydrogens (tertiary/aromatic N) is 1. The average molecular weight is 480 g/mol. The van der Waals surface area contributed by atoms with Crippen LogP contribution in [0.5, 0.6) is 0 Å². The normalized spacial score (nSPS) is 43.0. The lowest BCUT2D eigenvalue weighted by molar-refractivity contribution is -0.0767. The van der Waals surface area contributed by atoms with Gasteiger partial charge in [-0.15, -0.1) is 0 Å². The van der Waals surface area contributed by atoms with E-state index in [4.69, 9.17) is 4.42 Å². The Bertz CT molecular complexity index is 1060. The summed E-state index contributed by atoms with van der Waals surface area (Å²) in [5, 5.41) is 9.80. The van der Waals surface area contributed by atoms with Gasteiger partial charge in [-0.1, -0.05) is 25.5 Å². The zero-order valence-electron chi connectivity index (χ0n) is 21.4. The van der Waals surface area contributed by atoms with Gasteiger partial charge < -0.3 is 14.4 Å². The fraction of sp³-hybridized carbons (Fsp3) is 0.733. The number of rotatable bonds is 2. The molecule has 1 aromatic rings. The molecule has 5 nitrogen and oxygen atoms in total. The van der Waals surface area contributed by atoms with Crippen LogP contribution in [0.2, 0.25) is 0 Å². The van der Waals surface area contributed by atoms with Crippen molar-refractivity contribution in [1.29, 1.82) is 0 Å². The molecule has 0 spiro atoms. The van der Waals surface area contributed by atoms with Gasteiger partial charge in [0.05, 0.1) is 6.26 Å². The molecule has 190 valence electrons. The molecule has 3 saturated carbocycles. The molecule has 1 aliphatic heterocycles. The van der Waals surface area contributed by atoms with Crippen LogP contribution in [0.15, 0.2) is 39.3 Å². The third-order valence-electron chi connectivity index (χ3n) is 11.6. The summed E-state index contributed by atoms with van der Waals surface area (Å²) in [4.78, 5) is 25.2. The van der Waals surface area contributed by atoms with E-state index >= 15 is 0 Å². The van der Waals surface area contributed by atoms with Gasteiger partial charge in [0.1, 0.15) is 0 Å². The summed E-state index contributed by atoms with van der Waals surface area (Å²) in [5.41, 5.74) is 3.15. The largest absolute Gasteiger partial charge is 0.465 e. The van der Waals surface area contributed by atoms with Crippen molar-refractivity contribution in [3.63, 3.8) is 0 Å². The van der Waals surface area contributed by atoms with E-state index in [1.54, 1.807) is 22.8 Å². The minimum Gasteiger partial charge on any atom is -0.465 e. The fourth-order valence-corrected chi connectivity index (χ4v) is 9.73. The predicted molar refractivity (Wildman–Crippen MR) is 135 cm³/mol. The molecule has 2 heterocycles. The van der Waals surface area contributed by atoms with E-state index in [-0.39, 0.29) is 17.1 Å². The molecule has 6 rings (SSSR count). The Labute approximate surface area is 209 Å². The van der Waals surface area contributed by atoms with Crippen LogP contribution in [0, 0.1) is 34.5 Å². The van der Waals surface area contributed by atoms with Crippen molar-refractivity contribution in [1.82, 2.24) is 4.90 Å². The summed E-state index contributed by atoms with van der Waals surface area (Å²) in [6.45, 7) is 5.77. The Morgan fingerprint density at radius 1 is 1.09 bits per heavy atom. The van der Waals surface area contributed by atoms with Crippen molar-refractivity contribution in [3.05, 3.63) is 46.0 Å². The van der Waals surface area contributed by atoms with Crippen molar-refractivity contribution in [2.45, 2.75) is 96.4 Å². The molecule has 5 heteroatoms. The molecule has 0 aromatic carbocycles. The van der Waals surface area contributed by atoms with Crippen molar-refractivity contribution in [2.24, 2.45) is 34.5 Å². The molecule has 35 heavy (non-hydrogen) atoms. The maximum absolute atomic E-state index is 11.9. The number of hydrogen-bond acceptors (Lipinski definition) is 3. The smallest absolute Gasteiger partial charge is 0.407 e. The topological polar surface area (TPSA) is 70.8 Å².